The molecule has 0 unspecified atom stereocenters. The number of hydrogen-bond acceptors (Lipinski definition) is 7. The van der Waals surface area contributed by atoms with Crippen molar-refractivity contribution in [2.24, 2.45) is 5.16 Å². The second kappa shape index (κ2) is 16.6. The number of nitrogens with zero attached hydrogens (tertiary/aromatic N) is 2. The first-order chi connectivity index (χ1) is 28.0. The molecule has 1 fully saturated rings. The van der Waals surface area contributed by atoms with E-state index in [0.29, 0.717) is 0 Å². The van der Waals surface area contributed by atoms with Gasteiger partial charge in [0.1, 0.15) is 36.2 Å². The highest BCUT2D eigenvalue weighted by atomic mass is 16.6. The van der Waals surface area contributed by atoms with Crippen LogP contribution in [0.3, 0.4) is 0 Å². The van der Waals surface area contributed by atoms with Crippen molar-refractivity contribution in [3.05, 3.63) is 248 Å². The highest BCUT2D eigenvalue weighted by Crippen LogP contribution is 2.46. The van der Waals surface area contributed by atoms with E-state index in [9.17, 15) is 9.59 Å². The maximum absolute atomic E-state index is 13.5. The molecule has 0 saturated carbocycles. The van der Waals surface area contributed by atoms with Crippen LogP contribution < -0.4 is 11.2 Å². The summed E-state index contributed by atoms with van der Waals surface area (Å²) in [6, 6.07) is 61.4. The topological polar surface area (TPSA) is 104 Å². The van der Waals surface area contributed by atoms with E-state index >= 15 is 0 Å². The van der Waals surface area contributed by atoms with Crippen LogP contribution in [0.15, 0.2) is 209 Å². The van der Waals surface area contributed by atoms with Gasteiger partial charge in [-0.1, -0.05) is 187 Å². The third-order valence-electron chi connectivity index (χ3n) is 10.3. The summed E-state index contributed by atoms with van der Waals surface area (Å²) in [7, 11) is 1.44. The lowest BCUT2D eigenvalue weighted by Crippen LogP contribution is -2.45. The van der Waals surface area contributed by atoms with Crippen LogP contribution in [0.4, 0.5) is 0 Å². The highest BCUT2D eigenvalue weighted by molar-refractivity contribution is 5.93. The summed E-state index contributed by atoms with van der Waals surface area (Å²) in [5, 5.41) is 4.52. The maximum Gasteiger partial charge on any atom is 0.330 e. The largest absolute Gasteiger partial charge is 0.399 e. The van der Waals surface area contributed by atoms with E-state index in [1.807, 2.05) is 146 Å². The Kier molecular flexibility index (Phi) is 10.9. The van der Waals surface area contributed by atoms with E-state index < -0.39 is 40.9 Å². The summed E-state index contributed by atoms with van der Waals surface area (Å²) in [6.45, 7) is -0.0326. The summed E-state index contributed by atoms with van der Waals surface area (Å²) < 4.78 is 23.1. The van der Waals surface area contributed by atoms with E-state index in [4.69, 9.17) is 19.0 Å². The Morgan fingerprint density at radius 3 is 1.33 bits per heavy atom. The molecule has 0 aliphatic carbocycles. The van der Waals surface area contributed by atoms with Gasteiger partial charge in [0.25, 0.3) is 5.56 Å². The number of aromatic nitrogens is 2. The number of aromatic amines is 1. The first-order valence-corrected chi connectivity index (χ1v) is 18.8. The molecule has 0 radical (unpaired) electrons. The number of ether oxygens (including phenoxy) is 3. The maximum atomic E-state index is 13.5. The molecule has 1 aliphatic heterocycles. The third-order valence-corrected chi connectivity index (χ3v) is 10.3. The van der Waals surface area contributed by atoms with Crippen molar-refractivity contribution < 1.29 is 19.0 Å². The minimum atomic E-state index is -1.22. The quantitative estimate of drug-likeness (QED) is 0.0952. The van der Waals surface area contributed by atoms with Crippen molar-refractivity contribution in [1.82, 2.24) is 9.55 Å². The summed E-state index contributed by atoms with van der Waals surface area (Å²) in [6.07, 6.45) is -1.60. The van der Waals surface area contributed by atoms with E-state index in [2.05, 4.69) is 46.5 Å². The van der Waals surface area contributed by atoms with Crippen molar-refractivity contribution in [1.29, 1.82) is 0 Å². The van der Waals surface area contributed by atoms with Gasteiger partial charge in [-0.15, -0.1) is 0 Å². The van der Waals surface area contributed by atoms with Gasteiger partial charge in [-0.05, 0) is 33.4 Å². The zero-order chi connectivity index (χ0) is 39.1. The van der Waals surface area contributed by atoms with Gasteiger partial charge < -0.3 is 19.0 Å². The average molecular weight is 756 g/mol. The number of nitrogens with one attached hydrogen (secondary N) is 1. The van der Waals surface area contributed by atoms with Crippen LogP contribution >= 0.6 is 0 Å². The number of hydrogen-bond donors (Lipinski definition) is 1. The van der Waals surface area contributed by atoms with Crippen molar-refractivity contribution in [2.75, 3.05) is 13.7 Å². The van der Waals surface area contributed by atoms with Crippen LogP contribution in [0.5, 0.6) is 0 Å². The summed E-state index contributed by atoms with van der Waals surface area (Å²) in [5.41, 5.74) is 2.03. The molecule has 8 rings (SSSR count). The van der Waals surface area contributed by atoms with E-state index in [1.54, 1.807) is 0 Å². The molecule has 284 valence electrons. The van der Waals surface area contributed by atoms with Gasteiger partial charge in [-0.3, -0.25) is 14.3 Å². The predicted octanol–water partition coefficient (Wildman–Crippen LogP) is 7.82. The van der Waals surface area contributed by atoms with Crippen molar-refractivity contribution in [3.63, 3.8) is 0 Å². The predicted molar refractivity (Wildman–Crippen MR) is 219 cm³/mol. The van der Waals surface area contributed by atoms with Crippen LogP contribution in [0, 0.1) is 0 Å². The minimum Gasteiger partial charge on any atom is -0.399 e. The molecule has 0 bridgehead atoms. The van der Waals surface area contributed by atoms with Crippen LogP contribution in [-0.4, -0.2) is 41.2 Å². The van der Waals surface area contributed by atoms with Gasteiger partial charge in [-0.25, -0.2) is 4.79 Å². The number of H-pyrrole nitrogens is 1. The van der Waals surface area contributed by atoms with Gasteiger partial charge in [0.15, 0.2) is 6.23 Å². The standard InChI is InChI=1S/C48H41N3O6/c1-54-50-43-44(57-48(38-26-14-5-15-27-38,39-28-16-6-17-29-39)40-30-18-7-19-31-40)41(56-45(43)51-33-32-42(52)49-46(51)53)34-55-47(35-20-8-2-9-21-35,36-22-10-3-11-23-36)37-24-12-4-13-25-37/h2-33,41,44-45H,34H2,1H3,(H,49,52,53)/b50-43+/t41-,44-,45-/m1/s1. The SMILES string of the molecule is CO/N=C1/[C@H](n2ccc(=O)[nH]c2=O)O[C@H](COC(c2ccccc2)(c2ccccc2)c2ccccc2)[C@H]1OC(c1ccccc1)(c1ccccc1)c1ccccc1. The first-order valence-electron chi connectivity index (χ1n) is 18.8. The lowest BCUT2D eigenvalue weighted by atomic mass is 9.79. The van der Waals surface area contributed by atoms with Gasteiger partial charge in [0.2, 0.25) is 0 Å². The second-order valence-electron chi connectivity index (χ2n) is 13.7. The van der Waals surface area contributed by atoms with Crippen molar-refractivity contribution in [3.8, 4) is 0 Å². The molecule has 6 aromatic carbocycles. The Balaban J connectivity index is 1.33. The van der Waals surface area contributed by atoms with Crippen LogP contribution in [-0.2, 0) is 30.3 Å². The van der Waals surface area contributed by atoms with Gasteiger partial charge in [0, 0.05) is 12.3 Å². The first kappa shape index (κ1) is 37.3. The zero-order valence-corrected chi connectivity index (χ0v) is 31.3. The number of oxime groups is 1. The fraction of sp³-hybridized carbons (Fsp3) is 0.146. The normalized spacial score (nSPS) is 17.7. The fourth-order valence-corrected chi connectivity index (χ4v) is 7.81. The van der Waals surface area contributed by atoms with E-state index in [-0.39, 0.29) is 12.3 Å². The Morgan fingerprint density at radius 2 is 0.965 bits per heavy atom. The molecule has 9 nitrogen and oxygen atoms in total. The molecule has 1 saturated heterocycles. The molecule has 1 N–H and O–H groups in total. The van der Waals surface area contributed by atoms with E-state index in [0.717, 1.165) is 33.4 Å². The van der Waals surface area contributed by atoms with Gasteiger partial charge in [-0.2, -0.15) is 0 Å². The fourth-order valence-electron chi connectivity index (χ4n) is 7.81. The summed E-state index contributed by atoms with van der Waals surface area (Å²) in [5.74, 6) is 0. The molecule has 3 atom stereocenters. The Labute approximate surface area is 330 Å². The second-order valence-corrected chi connectivity index (χ2v) is 13.7. The summed E-state index contributed by atoms with van der Waals surface area (Å²) >= 11 is 0. The molecular weight excluding hydrogens is 715 g/mol. The summed E-state index contributed by atoms with van der Waals surface area (Å²) in [4.78, 5) is 33.6. The lowest BCUT2D eigenvalue weighted by molar-refractivity contribution is -0.124. The van der Waals surface area contributed by atoms with Crippen molar-refractivity contribution >= 4 is 5.71 Å². The molecule has 2 heterocycles. The molecule has 1 aromatic heterocycles. The molecule has 9 heteroatoms. The highest BCUT2D eigenvalue weighted by Gasteiger charge is 2.52. The molecule has 1 aliphatic rings. The monoisotopic (exact) mass is 755 g/mol. The van der Waals surface area contributed by atoms with Crippen LogP contribution in [0.1, 0.15) is 39.6 Å². The third kappa shape index (κ3) is 7.16. The smallest absolute Gasteiger partial charge is 0.330 e. The average Bonchev–Trinajstić information content (AvgIpc) is 3.60. The lowest BCUT2D eigenvalue weighted by Gasteiger charge is -2.40. The molecule has 0 spiro atoms. The number of rotatable bonds is 13. The van der Waals surface area contributed by atoms with Gasteiger partial charge >= 0.3 is 5.69 Å². The van der Waals surface area contributed by atoms with Crippen LogP contribution in [0.2, 0.25) is 0 Å². The molecular formula is C48H41N3O6. The Hall–Kier alpha value is -6.65. The molecule has 7 aromatic rings. The van der Waals surface area contributed by atoms with E-state index in [1.165, 1.54) is 23.9 Å². The Morgan fingerprint density at radius 1 is 0.579 bits per heavy atom. The zero-order valence-electron chi connectivity index (χ0n) is 31.3. The number of benzene rings is 6. The van der Waals surface area contributed by atoms with Crippen LogP contribution in [0.25, 0.3) is 0 Å². The Bertz CT molecular complexity index is 2320. The molecule has 57 heavy (non-hydrogen) atoms. The van der Waals surface area contributed by atoms with Crippen molar-refractivity contribution in [2.45, 2.75) is 29.6 Å². The van der Waals surface area contributed by atoms with Gasteiger partial charge in [0.05, 0.1) is 6.61 Å². The minimum absolute atomic E-state index is 0.0326. The molecule has 0 amide bonds.